The molecular formula is C66H70B2N6O7. The van der Waals surface area contributed by atoms with Crippen LogP contribution in [0.1, 0.15) is 135 Å². The van der Waals surface area contributed by atoms with Crippen molar-refractivity contribution in [2.24, 2.45) is 28.6 Å². The summed E-state index contributed by atoms with van der Waals surface area (Å²) >= 11 is 0. The number of hydrogen-bond donors (Lipinski definition) is 0. The van der Waals surface area contributed by atoms with E-state index in [0.29, 0.717) is 102 Å². The van der Waals surface area contributed by atoms with Gasteiger partial charge in [-0.1, -0.05) is 118 Å². The molecule has 6 heterocycles. The maximum Gasteiger partial charge on any atom is 0.743 e. The minimum Gasteiger partial charge on any atom is -0.503 e. The molecule has 3 atom stereocenters. The van der Waals surface area contributed by atoms with E-state index in [1.54, 1.807) is 0 Å². The molecule has 0 amide bonds. The van der Waals surface area contributed by atoms with Gasteiger partial charge in [0.05, 0.1) is 29.6 Å². The number of aromatic nitrogens is 4. The molecule has 13 nitrogen and oxygen atoms in total. The van der Waals surface area contributed by atoms with Gasteiger partial charge in [0.2, 0.25) is 11.8 Å². The molecule has 2 aliphatic heterocycles. The van der Waals surface area contributed by atoms with Gasteiger partial charge < -0.3 is 41.1 Å². The standard InChI is InChI=1S/C66H70B2N6O7/c1-38(2)59-56-57(61(73(59)67-78-52-19-15-16-20-53(52)79-67)47(36-69)63-71-48-31-39(3)24-29-50(48)76-63)60(46-33-45(28-26-42(46)6)75-37-44(43(7)35-66(11,12)13)27-23-41(5)34-65(8,9)10)74(68-80-54-21-17-18-22-55(54)81-68)62(56)58(70-14)64-72-49-32-40(4)25-30-51(49)77-64/h15-22,24-26,28-33,38,41,43-44H,23,27,34-35,37H2,1-13H3/b61-47-,62-58+. The highest BCUT2D eigenvalue weighted by atomic mass is 16.7. The summed E-state index contributed by atoms with van der Waals surface area (Å²) in [5, 5.41) is 13.8. The van der Waals surface area contributed by atoms with Gasteiger partial charge in [-0.25, -0.2) is 14.8 Å². The third-order valence-corrected chi connectivity index (χ3v) is 15.6. The lowest BCUT2D eigenvalue weighted by atomic mass is 9.76. The number of nitrogens with zero attached hydrogens (tertiary/aromatic N) is 6. The molecule has 0 bridgehead atoms. The molecule has 0 aliphatic carbocycles. The second-order valence-corrected chi connectivity index (χ2v) is 25.2. The predicted octanol–water partition coefficient (Wildman–Crippen LogP) is 14.8. The summed E-state index contributed by atoms with van der Waals surface area (Å²) in [5.41, 5.74) is 7.62. The molecule has 4 aromatic heterocycles. The minimum absolute atomic E-state index is 0.0858. The smallest absolute Gasteiger partial charge is 0.503 e. The summed E-state index contributed by atoms with van der Waals surface area (Å²) in [6.07, 6.45) is 4.34. The SMILES string of the molecule is [C-]#[N+]/C(c1nc2cc(C)ccc2o1)=c1\c2c(C(C)C)n(B3Oc4ccccc4O3)/c(=C(/C#N)c3nc4cc(C)ccc4o3)c2c(-c2cc(OCC(CCC(C)CC(C)(C)C)C(C)CC(C)(C)C)ccc2C)n1B1Oc2ccccc2O1. The van der Waals surface area contributed by atoms with E-state index in [4.69, 9.17) is 42.2 Å². The van der Waals surface area contributed by atoms with Crippen molar-refractivity contribution < 1.29 is 32.2 Å². The van der Waals surface area contributed by atoms with Crippen LogP contribution in [-0.4, -0.2) is 40.0 Å². The van der Waals surface area contributed by atoms with E-state index in [2.05, 4.69) is 99.2 Å². The second-order valence-electron chi connectivity index (χ2n) is 25.2. The zero-order valence-electron chi connectivity index (χ0n) is 48.9. The maximum absolute atomic E-state index is 11.9. The fourth-order valence-corrected chi connectivity index (χ4v) is 12.3. The molecular weight excluding hydrogens is 1010 g/mol. The first-order chi connectivity index (χ1) is 38.7. The third-order valence-electron chi connectivity index (χ3n) is 15.6. The molecule has 412 valence electrons. The highest BCUT2D eigenvalue weighted by molar-refractivity contribution is 6.49. The van der Waals surface area contributed by atoms with Crippen molar-refractivity contribution in [3.63, 3.8) is 0 Å². The summed E-state index contributed by atoms with van der Waals surface area (Å²) in [5.74, 6) is 3.87. The highest BCUT2D eigenvalue weighted by Crippen LogP contribution is 2.43. The van der Waals surface area contributed by atoms with Gasteiger partial charge in [-0.15, -0.1) is 0 Å². The van der Waals surface area contributed by atoms with Crippen LogP contribution in [0, 0.1) is 67.3 Å². The number of nitriles is 1. The van der Waals surface area contributed by atoms with E-state index in [1.807, 2.05) is 114 Å². The number of para-hydroxylation sites is 4. The molecule has 0 fully saturated rings. The molecule has 0 radical (unpaired) electrons. The summed E-state index contributed by atoms with van der Waals surface area (Å²) in [6, 6.07) is 35.3. The molecule has 0 saturated heterocycles. The Kier molecular flexibility index (Phi) is 14.4. The van der Waals surface area contributed by atoms with Gasteiger partial charge in [-0.2, -0.15) is 5.26 Å². The molecule has 3 unspecified atom stereocenters. The van der Waals surface area contributed by atoms with E-state index >= 15 is 0 Å². The number of rotatable bonds is 15. The van der Waals surface area contributed by atoms with Crippen LogP contribution in [0.5, 0.6) is 28.7 Å². The average molecular weight is 1080 g/mol. The zero-order valence-corrected chi connectivity index (χ0v) is 48.9. The van der Waals surface area contributed by atoms with Crippen molar-refractivity contribution in [2.45, 2.75) is 122 Å². The Balaban J connectivity index is 1.25. The van der Waals surface area contributed by atoms with Crippen LogP contribution in [0.25, 0.3) is 60.3 Å². The summed E-state index contributed by atoms with van der Waals surface area (Å²) in [4.78, 5) is 14.4. The van der Waals surface area contributed by atoms with Crippen LogP contribution in [0.4, 0.5) is 0 Å². The second kappa shape index (κ2) is 21.3. The molecule has 11 rings (SSSR count). The van der Waals surface area contributed by atoms with E-state index < -0.39 is 14.5 Å². The van der Waals surface area contributed by atoms with Crippen molar-refractivity contribution in [3.05, 3.63) is 159 Å². The lowest BCUT2D eigenvalue weighted by Gasteiger charge is -2.31. The van der Waals surface area contributed by atoms with Crippen molar-refractivity contribution in [1.29, 1.82) is 5.26 Å². The molecule has 0 spiro atoms. The van der Waals surface area contributed by atoms with Crippen LogP contribution in [-0.2, 0) is 0 Å². The Morgan fingerprint density at radius 2 is 1.21 bits per heavy atom. The molecule has 9 aromatic rings. The predicted molar refractivity (Wildman–Crippen MR) is 321 cm³/mol. The summed E-state index contributed by atoms with van der Waals surface area (Å²) < 4.78 is 51.6. The number of ether oxygens (including phenoxy) is 1. The first-order valence-corrected chi connectivity index (χ1v) is 28.3. The fourth-order valence-electron chi connectivity index (χ4n) is 12.3. The Hall–Kier alpha value is -8.29. The van der Waals surface area contributed by atoms with E-state index in [1.165, 1.54) is 0 Å². The first-order valence-electron chi connectivity index (χ1n) is 28.3. The van der Waals surface area contributed by atoms with Crippen molar-refractivity contribution >= 4 is 58.7 Å². The van der Waals surface area contributed by atoms with Gasteiger partial charge in [0, 0.05) is 22.0 Å². The fraction of sp³-hybridized carbons (Fsp3) is 0.364. The van der Waals surface area contributed by atoms with Gasteiger partial charge in [0.25, 0.3) is 5.70 Å². The topological polar surface area (TPSA) is 136 Å². The molecule has 0 saturated carbocycles. The number of oxazole rings is 2. The molecule has 0 N–H and O–H groups in total. The third kappa shape index (κ3) is 10.7. The Labute approximate surface area is 475 Å². The Morgan fingerprint density at radius 3 is 1.74 bits per heavy atom. The monoisotopic (exact) mass is 1080 g/mol. The quantitative estimate of drug-likeness (QED) is 0.0721. The molecule has 81 heavy (non-hydrogen) atoms. The van der Waals surface area contributed by atoms with Crippen LogP contribution >= 0.6 is 0 Å². The maximum atomic E-state index is 11.9. The van der Waals surface area contributed by atoms with Gasteiger partial charge in [-0.05, 0) is 152 Å². The van der Waals surface area contributed by atoms with Crippen LogP contribution < -0.4 is 34.1 Å². The Bertz CT molecular complexity index is 3970. The normalized spacial score (nSPS) is 15.2. The van der Waals surface area contributed by atoms with E-state index in [-0.39, 0.29) is 45.7 Å². The van der Waals surface area contributed by atoms with E-state index in [9.17, 15) is 11.8 Å². The largest absolute Gasteiger partial charge is 0.743 e. The zero-order chi connectivity index (χ0) is 57.2. The summed E-state index contributed by atoms with van der Waals surface area (Å²) in [7, 11) is -2.32. The lowest BCUT2D eigenvalue weighted by molar-refractivity contribution is 0.147. The molecule has 15 heteroatoms. The van der Waals surface area contributed by atoms with Crippen LogP contribution in [0.15, 0.2) is 112 Å². The van der Waals surface area contributed by atoms with Gasteiger partial charge in [0.1, 0.15) is 51.4 Å². The number of aryl methyl sites for hydroxylation is 3. The number of fused-ring (bicyclic) bond motifs is 5. The van der Waals surface area contributed by atoms with Crippen molar-refractivity contribution in [2.75, 3.05) is 6.61 Å². The molecule has 2 aliphatic rings. The van der Waals surface area contributed by atoms with Gasteiger partial charge >= 0.3 is 14.5 Å². The number of benzene rings is 5. The minimum atomic E-state index is -1.19. The van der Waals surface area contributed by atoms with Gasteiger partial charge in [-0.3, -0.25) is 0 Å². The van der Waals surface area contributed by atoms with Crippen LogP contribution in [0.2, 0.25) is 0 Å². The van der Waals surface area contributed by atoms with Crippen molar-refractivity contribution in [1.82, 2.24) is 18.9 Å². The average Bonchev–Trinajstić information content (AvgIpc) is 3.72. The first kappa shape index (κ1) is 54.7. The van der Waals surface area contributed by atoms with E-state index in [0.717, 1.165) is 47.9 Å². The lowest BCUT2D eigenvalue weighted by Crippen LogP contribution is -2.45. The van der Waals surface area contributed by atoms with Crippen LogP contribution in [0.3, 0.4) is 0 Å². The van der Waals surface area contributed by atoms with Crippen molar-refractivity contribution in [3.8, 4) is 46.1 Å². The number of hydrogen-bond acceptors (Lipinski definition) is 10. The molecule has 5 aromatic carbocycles. The Morgan fingerprint density at radius 1 is 0.667 bits per heavy atom. The van der Waals surface area contributed by atoms with Gasteiger partial charge in [0.15, 0.2) is 11.2 Å². The summed E-state index contributed by atoms with van der Waals surface area (Å²) in [6.45, 7) is 38.6. The highest BCUT2D eigenvalue weighted by Gasteiger charge is 2.46.